The lowest BCUT2D eigenvalue weighted by Gasteiger charge is -2.13. The first-order valence-corrected chi connectivity index (χ1v) is 3.42. The summed E-state index contributed by atoms with van der Waals surface area (Å²) in [5.74, 6) is 1.66. The molecule has 0 amide bonds. The van der Waals surface area contributed by atoms with Crippen LogP contribution in [0.15, 0.2) is 18.3 Å². The van der Waals surface area contributed by atoms with E-state index in [1.165, 1.54) is 0 Å². The van der Waals surface area contributed by atoms with Gasteiger partial charge in [0.2, 0.25) is 0 Å². The Morgan fingerprint density at radius 1 is 1.45 bits per heavy atom. The maximum Gasteiger partial charge on any atom is 0.170 e. The fourth-order valence-electron chi connectivity index (χ4n) is 0.877. The third kappa shape index (κ3) is 1.61. The summed E-state index contributed by atoms with van der Waals surface area (Å²) in [6.45, 7) is 0. The first-order chi connectivity index (χ1) is 5.25. The smallest absolute Gasteiger partial charge is 0.170 e. The van der Waals surface area contributed by atoms with Gasteiger partial charge in [-0.05, 0) is 12.1 Å². The summed E-state index contributed by atoms with van der Waals surface area (Å²) in [6, 6.07) is 3.74. The predicted molar refractivity (Wildman–Crippen MR) is 45.1 cm³/mol. The van der Waals surface area contributed by atoms with Crippen molar-refractivity contribution in [1.82, 2.24) is 4.98 Å². The Bertz CT molecular complexity index is 235. The Morgan fingerprint density at radius 2 is 2.18 bits per heavy atom. The molecule has 1 rings (SSSR count). The number of nitrogens with zero attached hydrogens (tertiary/aromatic N) is 2. The molecule has 0 spiro atoms. The molecule has 3 heteroatoms. The molecule has 0 saturated heterocycles. The van der Waals surface area contributed by atoms with E-state index in [-0.39, 0.29) is 0 Å². The summed E-state index contributed by atoms with van der Waals surface area (Å²) in [7, 11) is 5.51. The molecule has 0 radical (unpaired) electrons. The van der Waals surface area contributed by atoms with Crippen molar-refractivity contribution >= 4 is 5.82 Å². The highest BCUT2D eigenvalue weighted by Crippen LogP contribution is 2.21. The van der Waals surface area contributed by atoms with E-state index in [9.17, 15) is 0 Å². The van der Waals surface area contributed by atoms with E-state index in [0.717, 1.165) is 11.6 Å². The lowest BCUT2D eigenvalue weighted by atomic mass is 10.4. The average molecular weight is 152 g/mol. The van der Waals surface area contributed by atoms with Gasteiger partial charge in [-0.2, -0.15) is 0 Å². The van der Waals surface area contributed by atoms with E-state index >= 15 is 0 Å². The van der Waals surface area contributed by atoms with Gasteiger partial charge in [0.05, 0.1) is 7.11 Å². The van der Waals surface area contributed by atoms with Crippen LogP contribution >= 0.6 is 0 Å². The summed E-state index contributed by atoms with van der Waals surface area (Å²) in [5.41, 5.74) is 0. The molecule has 0 N–H and O–H groups in total. The molecule has 1 heterocycles. The van der Waals surface area contributed by atoms with Gasteiger partial charge in [0.15, 0.2) is 11.6 Å². The Balaban J connectivity index is 3.02. The standard InChI is InChI=1S/C8H12N2O/c1-10(2)8-7(11-3)5-4-6-9-8/h4-6H,1-3H3. The van der Waals surface area contributed by atoms with Crippen molar-refractivity contribution in [3.63, 3.8) is 0 Å². The molecule has 0 aromatic carbocycles. The van der Waals surface area contributed by atoms with Crippen molar-refractivity contribution in [2.75, 3.05) is 26.1 Å². The molecular formula is C8H12N2O. The Labute approximate surface area is 66.6 Å². The molecule has 0 aliphatic heterocycles. The minimum absolute atomic E-state index is 0.803. The zero-order valence-corrected chi connectivity index (χ0v) is 7.03. The monoisotopic (exact) mass is 152 g/mol. The summed E-state index contributed by atoms with van der Waals surface area (Å²) in [4.78, 5) is 6.07. The largest absolute Gasteiger partial charge is 0.493 e. The number of anilines is 1. The first kappa shape index (κ1) is 7.85. The van der Waals surface area contributed by atoms with Crippen LogP contribution in [-0.4, -0.2) is 26.2 Å². The molecule has 1 aromatic heterocycles. The second-order valence-corrected chi connectivity index (χ2v) is 2.42. The molecule has 3 nitrogen and oxygen atoms in total. The van der Waals surface area contributed by atoms with Gasteiger partial charge in [0, 0.05) is 20.3 Å². The van der Waals surface area contributed by atoms with Crippen molar-refractivity contribution in [1.29, 1.82) is 0 Å². The summed E-state index contributed by atoms with van der Waals surface area (Å²) >= 11 is 0. The third-order valence-electron chi connectivity index (χ3n) is 1.39. The highest BCUT2D eigenvalue weighted by molar-refractivity contribution is 5.50. The van der Waals surface area contributed by atoms with Crippen molar-refractivity contribution < 1.29 is 4.74 Å². The number of hydrogen-bond donors (Lipinski definition) is 0. The molecule has 60 valence electrons. The van der Waals surface area contributed by atoms with Crippen LogP contribution in [0.2, 0.25) is 0 Å². The van der Waals surface area contributed by atoms with Gasteiger partial charge >= 0.3 is 0 Å². The van der Waals surface area contributed by atoms with E-state index in [0.29, 0.717) is 0 Å². The number of ether oxygens (including phenoxy) is 1. The average Bonchev–Trinajstić information content (AvgIpc) is 2.04. The van der Waals surface area contributed by atoms with Gasteiger partial charge in [0.1, 0.15) is 0 Å². The van der Waals surface area contributed by atoms with Crippen LogP contribution in [0.1, 0.15) is 0 Å². The van der Waals surface area contributed by atoms with E-state index in [4.69, 9.17) is 4.74 Å². The predicted octanol–water partition coefficient (Wildman–Crippen LogP) is 1.16. The van der Waals surface area contributed by atoms with E-state index in [2.05, 4.69) is 4.98 Å². The van der Waals surface area contributed by atoms with Crippen molar-refractivity contribution in [2.24, 2.45) is 0 Å². The zero-order chi connectivity index (χ0) is 8.27. The normalized spacial score (nSPS) is 9.36. The SMILES string of the molecule is COc1cccnc1N(C)C. The van der Waals surface area contributed by atoms with Crippen LogP contribution in [-0.2, 0) is 0 Å². The Kier molecular flexibility index (Phi) is 2.31. The van der Waals surface area contributed by atoms with Crippen LogP contribution in [0.3, 0.4) is 0 Å². The van der Waals surface area contributed by atoms with Gasteiger partial charge < -0.3 is 9.64 Å². The number of hydrogen-bond acceptors (Lipinski definition) is 3. The quantitative estimate of drug-likeness (QED) is 0.635. The Morgan fingerprint density at radius 3 is 2.64 bits per heavy atom. The molecule has 11 heavy (non-hydrogen) atoms. The molecule has 0 atom stereocenters. The zero-order valence-electron chi connectivity index (χ0n) is 7.03. The minimum Gasteiger partial charge on any atom is -0.493 e. The van der Waals surface area contributed by atoms with E-state index in [1.807, 2.05) is 31.1 Å². The first-order valence-electron chi connectivity index (χ1n) is 3.42. The van der Waals surface area contributed by atoms with Gasteiger partial charge in [-0.25, -0.2) is 4.98 Å². The molecular weight excluding hydrogens is 140 g/mol. The summed E-state index contributed by atoms with van der Waals surface area (Å²) in [5, 5.41) is 0. The number of aromatic nitrogens is 1. The fourth-order valence-corrected chi connectivity index (χ4v) is 0.877. The van der Waals surface area contributed by atoms with Gasteiger partial charge in [-0.3, -0.25) is 0 Å². The van der Waals surface area contributed by atoms with Crippen LogP contribution in [0.25, 0.3) is 0 Å². The van der Waals surface area contributed by atoms with E-state index in [1.54, 1.807) is 13.3 Å². The molecule has 0 bridgehead atoms. The molecule has 1 aromatic rings. The van der Waals surface area contributed by atoms with Crippen molar-refractivity contribution in [2.45, 2.75) is 0 Å². The lowest BCUT2D eigenvalue weighted by molar-refractivity contribution is 0.413. The number of methoxy groups -OCH3 is 1. The second-order valence-electron chi connectivity index (χ2n) is 2.42. The third-order valence-corrected chi connectivity index (χ3v) is 1.39. The number of pyridine rings is 1. The highest BCUT2D eigenvalue weighted by Gasteiger charge is 2.02. The second kappa shape index (κ2) is 3.23. The molecule has 0 saturated carbocycles. The maximum absolute atomic E-state index is 5.10. The highest BCUT2D eigenvalue weighted by atomic mass is 16.5. The summed E-state index contributed by atoms with van der Waals surface area (Å²) in [6.07, 6.45) is 1.75. The molecule has 0 unspecified atom stereocenters. The topological polar surface area (TPSA) is 25.4 Å². The van der Waals surface area contributed by atoms with Crippen LogP contribution in [0.4, 0.5) is 5.82 Å². The molecule has 0 fully saturated rings. The van der Waals surface area contributed by atoms with Gasteiger partial charge in [-0.1, -0.05) is 0 Å². The van der Waals surface area contributed by atoms with Crippen LogP contribution in [0.5, 0.6) is 5.75 Å². The van der Waals surface area contributed by atoms with Gasteiger partial charge in [0.25, 0.3) is 0 Å². The van der Waals surface area contributed by atoms with Crippen LogP contribution < -0.4 is 9.64 Å². The fraction of sp³-hybridized carbons (Fsp3) is 0.375. The molecule has 0 aliphatic rings. The van der Waals surface area contributed by atoms with Crippen molar-refractivity contribution in [3.8, 4) is 5.75 Å². The summed E-state index contributed by atoms with van der Waals surface area (Å²) < 4.78 is 5.10. The van der Waals surface area contributed by atoms with Crippen LogP contribution in [0, 0.1) is 0 Å². The minimum atomic E-state index is 0.803. The van der Waals surface area contributed by atoms with E-state index < -0.39 is 0 Å². The van der Waals surface area contributed by atoms with Crippen molar-refractivity contribution in [3.05, 3.63) is 18.3 Å². The maximum atomic E-state index is 5.10. The molecule has 0 aliphatic carbocycles. The Hall–Kier alpha value is -1.25. The number of rotatable bonds is 2. The van der Waals surface area contributed by atoms with Gasteiger partial charge in [-0.15, -0.1) is 0 Å². The lowest BCUT2D eigenvalue weighted by Crippen LogP contribution is -2.11.